The molecule has 0 saturated carbocycles. The van der Waals surface area contributed by atoms with Gasteiger partial charge in [0.05, 0.1) is 37.6 Å². The molecule has 0 bridgehead atoms. The summed E-state index contributed by atoms with van der Waals surface area (Å²) < 4.78 is 24.3. The monoisotopic (exact) mass is 472 g/mol. The second kappa shape index (κ2) is 13.3. The molecule has 6 nitrogen and oxygen atoms in total. The van der Waals surface area contributed by atoms with Crippen molar-refractivity contribution in [3.8, 4) is 0 Å². The van der Waals surface area contributed by atoms with Crippen molar-refractivity contribution in [3.63, 3.8) is 0 Å². The van der Waals surface area contributed by atoms with E-state index in [-0.39, 0.29) is 19.6 Å². The van der Waals surface area contributed by atoms with Crippen molar-refractivity contribution in [1.82, 2.24) is 0 Å². The fraction of sp³-hybridized carbons (Fsp3) is 0.571. The summed E-state index contributed by atoms with van der Waals surface area (Å²) >= 11 is 0. The number of aliphatic hydroxyl groups excluding tert-OH is 2. The maximum absolute atomic E-state index is 10.5. The molecule has 0 aliphatic carbocycles. The number of aliphatic hydroxyl groups is 2. The van der Waals surface area contributed by atoms with Crippen LogP contribution in [0.1, 0.15) is 57.1 Å². The smallest absolute Gasteiger partial charge is 0.173 e. The van der Waals surface area contributed by atoms with Crippen LogP contribution in [0, 0.1) is 0 Å². The summed E-state index contributed by atoms with van der Waals surface area (Å²) in [5.41, 5.74) is 2.27. The number of hydrogen-bond donors (Lipinski definition) is 2. The molecule has 0 amide bonds. The molecule has 0 radical (unpaired) electrons. The maximum atomic E-state index is 10.5. The minimum atomic E-state index is -0.941. The van der Waals surface area contributed by atoms with E-state index in [0.717, 1.165) is 11.1 Å². The minimum absolute atomic E-state index is 0. The number of rotatable bonds is 10. The van der Waals surface area contributed by atoms with E-state index in [0.29, 0.717) is 65.0 Å². The van der Waals surface area contributed by atoms with Gasteiger partial charge < -0.3 is 29.2 Å². The topological polar surface area (TPSA) is 77.4 Å². The lowest BCUT2D eigenvalue weighted by atomic mass is 9.88. The van der Waals surface area contributed by atoms with Gasteiger partial charge in [-0.3, -0.25) is 0 Å². The standard InChI is InChI=1S/C27H36O6.CH4/c28-23-15-25(11-13-30-19-21-7-3-1-4-8-21)32-27(17-23)18-24(29)16-26(33-27)12-14-31-20-22-9-5-2-6-10-22;/h1-10,23-26,28-29H,11-20H2;1H4. The highest BCUT2D eigenvalue weighted by Gasteiger charge is 2.47. The average molecular weight is 473 g/mol. The molecule has 2 saturated heterocycles. The summed E-state index contributed by atoms with van der Waals surface area (Å²) in [5, 5.41) is 21.1. The molecule has 1 spiro atoms. The predicted molar refractivity (Wildman–Crippen MR) is 131 cm³/mol. The summed E-state index contributed by atoms with van der Waals surface area (Å²) in [6, 6.07) is 20.1. The summed E-state index contributed by atoms with van der Waals surface area (Å²) in [6.45, 7) is 2.20. The highest BCUT2D eigenvalue weighted by Crippen LogP contribution is 2.40. The quantitative estimate of drug-likeness (QED) is 0.492. The molecule has 4 rings (SSSR count). The van der Waals surface area contributed by atoms with Gasteiger partial charge in [-0.05, 0) is 36.8 Å². The maximum Gasteiger partial charge on any atom is 0.173 e. The van der Waals surface area contributed by atoms with E-state index in [1.807, 2.05) is 60.7 Å². The summed E-state index contributed by atoms with van der Waals surface area (Å²) in [5.74, 6) is -0.941. The van der Waals surface area contributed by atoms with Crippen LogP contribution < -0.4 is 0 Å². The van der Waals surface area contributed by atoms with Crippen molar-refractivity contribution in [1.29, 1.82) is 0 Å². The molecule has 2 heterocycles. The van der Waals surface area contributed by atoms with E-state index in [1.54, 1.807) is 0 Å². The van der Waals surface area contributed by atoms with E-state index in [9.17, 15) is 10.2 Å². The van der Waals surface area contributed by atoms with Gasteiger partial charge in [-0.25, -0.2) is 0 Å². The molecule has 0 aromatic heterocycles. The van der Waals surface area contributed by atoms with Crippen LogP contribution >= 0.6 is 0 Å². The van der Waals surface area contributed by atoms with Gasteiger partial charge in [-0.1, -0.05) is 68.1 Å². The fourth-order valence-corrected chi connectivity index (χ4v) is 4.81. The molecule has 4 unspecified atom stereocenters. The Morgan fingerprint density at radius 3 is 1.53 bits per heavy atom. The van der Waals surface area contributed by atoms with Gasteiger partial charge in [0, 0.05) is 26.1 Å². The van der Waals surface area contributed by atoms with Gasteiger partial charge in [0.1, 0.15) is 0 Å². The first-order valence-electron chi connectivity index (χ1n) is 12.1. The molecular weight excluding hydrogens is 432 g/mol. The van der Waals surface area contributed by atoms with Crippen molar-refractivity contribution in [2.45, 2.75) is 89.4 Å². The molecule has 4 atom stereocenters. The van der Waals surface area contributed by atoms with Gasteiger partial charge in [-0.15, -0.1) is 0 Å². The Balaban J connectivity index is 0.00000324. The zero-order chi connectivity index (χ0) is 22.9. The van der Waals surface area contributed by atoms with E-state index in [4.69, 9.17) is 18.9 Å². The van der Waals surface area contributed by atoms with Crippen LogP contribution in [0.25, 0.3) is 0 Å². The second-order valence-electron chi connectivity index (χ2n) is 9.23. The van der Waals surface area contributed by atoms with Gasteiger partial charge >= 0.3 is 0 Å². The lowest BCUT2D eigenvalue weighted by molar-refractivity contribution is -0.340. The minimum Gasteiger partial charge on any atom is -0.393 e. The molecule has 2 aromatic rings. The molecular formula is C28H40O6. The average Bonchev–Trinajstić information content (AvgIpc) is 2.80. The Morgan fingerprint density at radius 1 is 0.706 bits per heavy atom. The molecule has 2 aromatic carbocycles. The number of ether oxygens (including phenoxy) is 4. The van der Waals surface area contributed by atoms with Gasteiger partial charge in [0.25, 0.3) is 0 Å². The molecule has 2 aliphatic heterocycles. The molecule has 2 N–H and O–H groups in total. The third kappa shape index (κ3) is 8.15. The van der Waals surface area contributed by atoms with Gasteiger partial charge in [0.15, 0.2) is 5.79 Å². The first-order chi connectivity index (χ1) is 16.1. The highest BCUT2D eigenvalue weighted by atomic mass is 16.7. The van der Waals surface area contributed by atoms with Gasteiger partial charge in [0.2, 0.25) is 0 Å². The second-order valence-corrected chi connectivity index (χ2v) is 9.23. The molecule has 34 heavy (non-hydrogen) atoms. The normalized spacial score (nSPS) is 29.0. The van der Waals surface area contributed by atoms with Crippen LogP contribution in [-0.4, -0.2) is 53.6 Å². The van der Waals surface area contributed by atoms with Crippen molar-refractivity contribution >= 4 is 0 Å². The first kappa shape index (κ1) is 26.8. The Morgan fingerprint density at radius 2 is 1.12 bits per heavy atom. The lowest BCUT2D eigenvalue weighted by Gasteiger charge is -2.48. The van der Waals surface area contributed by atoms with Crippen molar-refractivity contribution in [2.75, 3.05) is 13.2 Å². The van der Waals surface area contributed by atoms with Crippen LogP contribution in [0.3, 0.4) is 0 Å². The Hall–Kier alpha value is -1.80. The van der Waals surface area contributed by atoms with E-state index in [1.165, 1.54) is 0 Å². The zero-order valence-electron chi connectivity index (χ0n) is 19.2. The Bertz CT molecular complexity index is 745. The molecule has 2 fully saturated rings. The zero-order valence-corrected chi connectivity index (χ0v) is 19.2. The Labute approximate surface area is 203 Å². The van der Waals surface area contributed by atoms with E-state index < -0.39 is 18.0 Å². The molecule has 6 heteroatoms. The van der Waals surface area contributed by atoms with Crippen LogP contribution in [0.5, 0.6) is 0 Å². The SMILES string of the molecule is C.OC1CC(CCOCc2ccccc2)OC2(C1)CC(O)CC(CCOCc1ccccc1)O2. The predicted octanol–water partition coefficient (Wildman–Crippen LogP) is 4.61. The van der Waals surface area contributed by atoms with E-state index in [2.05, 4.69) is 0 Å². The summed E-state index contributed by atoms with van der Waals surface area (Å²) in [6.07, 6.45) is 1.87. The van der Waals surface area contributed by atoms with Crippen LogP contribution in [-0.2, 0) is 32.2 Å². The van der Waals surface area contributed by atoms with Gasteiger partial charge in [-0.2, -0.15) is 0 Å². The lowest BCUT2D eigenvalue weighted by Crippen LogP contribution is -2.55. The van der Waals surface area contributed by atoms with Crippen molar-refractivity contribution in [3.05, 3.63) is 71.8 Å². The van der Waals surface area contributed by atoms with Crippen molar-refractivity contribution in [2.24, 2.45) is 0 Å². The van der Waals surface area contributed by atoms with Crippen LogP contribution in [0.15, 0.2) is 60.7 Å². The summed E-state index contributed by atoms with van der Waals surface area (Å²) in [4.78, 5) is 0. The third-order valence-electron chi connectivity index (χ3n) is 6.32. The first-order valence-corrected chi connectivity index (χ1v) is 12.1. The highest BCUT2D eigenvalue weighted by molar-refractivity contribution is 5.14. The van der Waals surface area contributed by atoms with Crippen LogP contribution in [0.4, 0.5) is 0 Å². The number of benzene rings is 2. The van der Waals surface area contributed by atoms with Crippen LogP contribution in [0.2, 0.25) is 0 Å². The Kier molecular flexibility index (Phi) is 10.5. The largest absolute Gasteiger partial charge is 0.393 e. The van der Waals surface area contributed by atoms with E-state index >= 15 is 0 Å². The molecule has 2 aliphatic rings. The number of hydrogen-bond acceptors (Lipinski definition) is 6. The third-order valence-corrected chi connectivity index (χ3v) is 6.32. The fourth-order valence-electron chi connectivity index (χ4n) is 4.81. The summed E-state index contributed by atoms with van der Waals surface area (Å²) in [7, 11) is 0. The van der Waals surface area contributed by atoms with Crippen molar-refractivity contribution < 1.29 is 29.2 Å². The molecule has 188 valence electrons.